The van der Waals surface area contributed by atoms with Crippen molar-refractivity contribution in [3.63, 3.8) is 0 Å². The van der Waals surface area contributed by atoms with Gasteiger partial charge in [-0.05, 0) is 66.7 Å². The molecule has 0 heterocycles. The van der Waals surface area contributed by atoms with Crippen LogP contribution in [0.1, 0.15) is 21.5 Å². The third-order valence-corrected chi connectivity index (χ3v) is 5.08. The number of halogens is 1. The number of hydrogen-bond donors (Lipinski definition) is 3. The van der Waals surface area contributed by atoms with Gasteiger partial charge in [0.15, 0.2) is 11.7 Å². The standard InChI is InChI=1S/C25H24ClN3O4S/c1-17-14-20(26)10-11-22(17)33-16-23(30)28-29-25(34)27-24(31)19-8-5-9-21(15-19)32-13-12-18-6-3-2-4-7-18/h2-11,14-15H,12-13,16H2,1H3,(H,28,30)(H2,27,29,31,34). The van der Waals surface area contributed by atoms with Crippen LogP contribution in [0.4, 0.5) is 0 Å². The second kappa shape index (κ2) is 12.6. The van der Waals surface area contributed by atoms with Crippen molar-refractivity contribution in [2.45, 2.75) is 13.3 Å². The fourth-order valence-corrected chi connectivity index (χ4v) is 3.32. The molecule has 0 aromatic heterocycles. The molecule has 0 atom stereocenters. The molecule has 7 nitrogen and oxygen atoms in total. The number of carbonyl (C=O) groups excluding carboxylic acids is 2. The number of nitrogens with one attached hydrogen (secondary N) is 3. The summed E-state index contributed by atoms with van der Waals surface area (Å²) >= 11 is 11.0. The van der Waals surface area contributed by atoms with Gasteiger partial charge in [-0.2, -0.15) is 0 Å². The summed E-state index contributed by atoms with van der Waals surface area (Å²) in [5.41, 5.74) is 7.20. The Morgan fingerprint density at radius 3 is 2.50 bits per heavy atom. The molecular weight excluding hydrogens is 474 g/mol. The van der Waals surface area contributed by atoms with Crippen LogP contribution in [0.3, 0.4) is 0 Å². The number of benzene rings is 3. The minimum absolute atomic E-state index is 0.0589. The normalized spacial score (nSPS) is 10.2. The monoisotopic (exact) mass is 497 g/mol. The van der Waals surface area contributed by atoms with E-state index in [1.807, 2.05) is 37.3 Å². The molecular formula is C25H24ClN3O4S. The fraction of sp³-hybridized carbons (Fsp3) is 0.160. The fourth-order valence-electron chi connectivity index (χ4n) is 2.95. The van der Waals surface area contributed by atoms with Crippen molar-refractivity contribution in [1.82, 2.24) is 16.2 Å². The average molecular weight is 498 g/mol. The molecule has 0 aliphatic carbocycles. The Morgan fingerprint density at radius 2 is 1.74 bits per heavy atom. The minimum atomic E-state index is -0.472. The number of carbonyl (C=O) groups is 2. The maximum absolute atomic E-state index is 12.5. The zero-order valence-corrected chi connectivity index (χ0v) is 20.0. The van der Waals surface area contributed by atoms with Crippen molar-refractivity contribution in [2.75, 3.05) is 13.2 Å². The second-order valence-electron chi connectivity index (χ2n) is 7.27. The average Bonchev–Trinajstić information content (AvgIpc) is 2.83. The number of rotatable bonds is 8. The van der Waals surface area contributed by atoms with Gasteiger partial charge in [-0.3, -0.25) is 25.8 Å². The number of hydrogen-bond acceptors (Lipinski definition) is 5. The van der Waals surface area contributed by atoms with Crippen molar-refractivity contribution in [3.05, 3.63) is 94.5 Å². The Balaban J connectivity index is 1.40. The van der Waals surface area contributed by atoms with E-state index in [1.54, 1.807) is 42.5 Å². The number of hydrazine groups is 1. The maximum Gasteiger partial charge on any atom is 0.276 e. The van der Waals surface area contributed by atoms with Crippen LogP contribution in [-0.4, -0.2) is 30.1 Å². The zero-order valence-electron chi connectivity index (χ0n) is 18.5. The summed E-state index contributed by atoms with van der Waals surface area (Å²) in [6.45, 7) is 2.07. The van der Waals surface area contributed by atoms with Crippen LogP contribution in [0.2, 0.25) is 5.02 Å². The topological polar surface area (TPSA) is 88.7 Å². The Morgan fingerprint density at radius 1 is 0.941 bits per heavy atom. The van der Waals surface area contributed by atoms with Crippen molar-refractivity contribution >= 4 is 40.7 Å². The van der Waals surface area contributed by atoms with Gasteiger partial charge in [-0.25, -0.2) is 0 Å². The summed E-state index contributed by atoms with van der Waals surface area (Å²) in [7, 11) is 0. The van der Waals surface area contributed by atoms with Gasteiger partial charge in [-0.15, -0.1) is 0 Å². The van der Waals surface area contributed by atoms with Crippen LogP contribution in [0.5, 0.6) is 11.5 Å². The van der Waals surface area contributed by atoms with E-state index in [0.29, 0.717) is 28.7 Å². The number of ether oxygens (including phenoxy) is 2. The maximum atomic E-state index is 12.5. The van der Waals surface area contributed by atoms with Crippen molar-refractivity contribution in [1.29, 1.82) is 0 Å². The lowest BCUT2D eigenvalue weighted by Crippen LogP contribution is -2.49. The highest BCUT2D eigenvalue weighted by Crippen LogP contribution is 2.21. The van der Waals surface area contributed by atoms with Crippen molar-refractivity contribution in [2.24, 2.45) is 0 Å². The first-order chi connectivity index (χ1) is 16.4. The van der Waals surface area contributed by atoms with E-state index in [1.165, 1.54) is 5.56 Å². The van der Waals surface area contributed by atoms with E-state index >= 15 is 0 Å². The number of amides is 2. The van der Waals surface area contributed by atoms with Crippen LogP contribution < -0.4 is 25.6 Å². The molecule has 3 rings (SSSR count). The van der Waals surface area contributed by atoms with Crippen LogP contribution in [-0.2, 0) is 11.2 Å². The molecule has 0 bridgehead atoms. The third-order valence-electron chi connectivity index (χ3n) is 4.64. The van der Waals surface area contributed by atoms with Crippen LogP contribution in [0, 0.1) is 6.92 Å². The van der Waals surface area contributed by atoms with Gasteiger partial charge in [0.2, 0.25) is 0 Å². The molecule has 0 spiro atoms. The Hall–Kier alpha value is -3.62. The lowest BCUT2D eigenvalue weighted by atomic mass is 10.2. The van der Waals surface area contributed by atoms with E-state index in [-0.39, 0.29) is 11.7 Å². The molecule has 0 aliphatic rings. The Bertz CT molecular complexity index is 1160. The molecule has 0 aliphatic heterocycles. The Labute approximate surface area is 208 Å². The smallest absolute Gasteiger partial charge is 0.276 e. The van der Waals surface area contributed by atoms with Gasteiger partial charge >= 0.3 is 0 Å². The first-order valence-corrected chi connectivity index (χ1v) is 11.3. The van der Waals surface area contributed by atoms with Gasteiger partial charge in [0, 0.05) is 17.0 Å². The zero-order chi connectivity index (χ0) is 24.3. The van der Waals surface area contributed by atoms with Crippen molar-refractivity contribution < 1.29 is 19.1 Å². The highest BCUT2D eigenvalue weighted by molar-refractivity contribution is 7.80. The third kappa shape index (κ3) is 8.06. The molecule has 9 heteroatoms. The SMILES string of the molecule is Cc1cc(Cl)ccc1OCC(=O)NNC(=S)NC(=O)c1cccc(OCCc2ccccc2)c1. The van der Waals surface area contributed by atoms with Crippen molar-refractivity contribution in [3.8, 4) is 11.5 Å². The van der Waals surface area contributed by atoms with Gasteiger partial charge in [-0.1, -0.05) is 48.0 Å². The summed E-state index contributed by atoms with van der Waals surface area (Å²) in [6.07, 6.45) is 0.756. The highest BCUT2D eigenvalue weighted by atomic mass is 35.5. The van der Waals surface area contributed by atoms with E-state index in [4.69, 9.17) is 33.3 Å². The number of aryl methyl sites for hydroxylation is 1. The van der Waals surface area contributed by atoms with E-state index in [2.05, 4.69) is 16.2 Å². The Kier molecular flexibility index (Phi) is 9.25. The molecule has 0 unspecified atom stereocenters. The van der Waals surface area contributed by atoms with Crippen LogP contribution in [0.15, 0.2) is 72.8 Å². The summed E-state index contributed by atoms with van der Waals surface area (Å²) in [5, 5.41) is 3.03. The number of thiocarbonyl (C=S) groups is 1. The largest absolute Gasteiger partial charge is 0.493 e. The van der Waals surface area contributed by atoms with E-state index in [9.17, 15) is 9.59 Å². The predicted octanol–water partition coefficient (Wildman–Crippen LogP) is 3.98. The first kappa shape index (κ1) is 25.0. The summed E-state index contributed by atoms with van der Waals surface area (Å²) in [4.78, 5) is 24.5. The molecule has 34 heavy (non-hydrogen) atoms. The molecule has 176 valence electrons. The van der Waals surface area contributed by atoms with Crippen LogP contribution >= 0.6 is 23.8 Å². The van der Waals surface area contributed by atoms with Gasteiger partial charge < -0.3 is 9.47 Å². The molecule has 0 saturated carbocycles. The summed E-state index contributed by atoms with van der Waals surface area (Å²) in [5.74, 6) is 0.208. The second-order valence-corrected chi connectivity index (χ2v) is 8.11. The minimum Gasteiger partial charge on any atom is -0.493 e. The highest BCUT2D eigenvalue weighted by Gasteiger charge is 2.11. The predicted molar refractivity (Wildman–Crippen MR) is 135 cm³/mol. The first-order valence-electron chi connectivity index (χ1n) is 10.5. The lowest BCUT2D eigenvalue weighted by molar-refractivity contribution is -0.123. The molecule has 3 N–H and O–H groups in total. The molecule has 3 aromatic carbocycles. The van der Waals surface area contributed by atoms with Gasteiger partial charge in [0.05, 0.1) is 6.61 Å². The molecule has 2 amide bonds. The quantitative estimate of drug-likeness (QED) is 0.322. The molecule has 0 fully saturated rings. The molecule has 0 saturated heterocycles. The molecule has 0 radical (unpaired) electrons. The lowest BCUT2D eigenvalue weighted by Gasteiger charge is -2.13. The van der Waals surface area contributed by atoms with Crippen LogP contribution in [0.25, 0.3) is 0 Å². The van der Waals surface area contributed by atoms with E-state index in [0.717, 1.165) is 12.0 Å². The molecule has 3 aromatic rings. The van der Waals surface area contributed by atoms with Gasteiger partial charge in [0.1, 0.15) is 11.5 Å². The van der Waals surface area contributed by atoms with E-state index < -0.39 is 11.8 Å². The summed E-state index contributed by atoms with van der Waals surface area (Å²) < 4.78 is 11.2. The van der Waals surface area contributed by atoms with Gasteiger partial charge in [0.25, 0.3) is 11.8 Å². The summed E-state index contributed by atoms with van der Waals surface area (Å²) in [6, 6.07) is 21.9.